The van der Waals surface area contributed by atoms with Crippen molar-refractivity contribution in [1.29, 1.82) is 0 Å². The molecular formula is C20H25N3O4. The van der Waals surface area contributed by atoms with Gasteiger partial charge in [0, 0.05) is 12.2 Å². The molecule has 1 atom stereocenters. The van der Waals surface area contributed by atoms with Gasteiger partial charge in [-0.25, -0.2) is 4.79 Å². The summed E-state index contributed by atoms with van der Waals surface area (Å²) in [5, 5.41) is 7.82. The van der Waals surface area contributed by atoms with Gasteiger partial charge in [0.2, 0.25) is 5.91 Å². The van der Waals surface area contributed by atoms with Crippen LogP contribution in [0.2, 0.25) is 0 Å². The van der Waals surface area contributed by atoms with Crippen molar-refractivity contribution in [3.63, 3.8) is 0 Å². The molecule has 0 radical (unpaired) electrons. The number of rotatable bonds is 8. The van der Waals surface area contributed by atoms with E-state index in [2.05, 4.69) is 16.0 Å². The SMILES string of the molecule is CCNC(=O)NC(=O)C(C)Nc1ccc(Oc2ccc(OCC)cc2)cc1. The zero-order valence-electron chi connectivity index (χ0n) is 15.7. The van der Waals surface area contributed by atoms with Gasteiger partial charge in [0.15, 0.2) is 0 Å². The van der Waals surface area contributed by atoms with Crippen LogP contribution in [-0.4, -0.2) is 31.1 Å². The predicted molar refractivity (Wildman–Crippen MR) is 104 cm³/mol. The van der Waals surface area contributed by atoms with Gasteiger partial charge in [-0.1, -0.05) is 0 Å². The van der Waals surface area contributed by atoms with E-state index < -0.39 is 18.0 Å². The van der Waals surface area contributed by atoms with Gasteiger partial charge in [-0.2, -0.15) is 0 Å². The highest BCUT2D eigenvalue weighted by Gasteiger charge is 2.15. The van der Waals surface area contributed by atoms with E-state index in [0.717, 1.165) is 11.4 Å². The lowest BCUT2D eigenvalue weighted by molar-refractivity contribution is -0.120. The van der Waals surface area contributed by atoms with E-state index in [-0.39, 0.29) is 0 Å². The molecule has 0 spiro atoms. The molecule has 0 saturated heterocycles. The van der Waals surface area contributed by atoms with Crippen molar-refractivity contribution in [2.45, 2.75) is 26.8 Å². The fourth-order valence-corrected chi connectivity index (χ4v) is 2.27. The molecule has 27 heavy (non-hydrogen) atoms. The van der Waals surface area contributed by atoms with Gasteiger partial charge in [0.25, 0.3) is 0 Å². The molecule has 3 N–H and O–H groups in total. The summed E-state index contributed by atoms with van der Waals surface area (Å²) in [5.74, 6) is 1.76. The summed E-state index contributed by atoms with van der Waals surface area (Å²) in [6.45, 7) is 6.47. The maximum atomic E-state index is 11.9. The Bertz CT molecular complexity index is 745. The number of urea groups is 1. The van der Waals surface area contributed by atoms with Crippen LogP contribution in [0.4, 0.5) is 10.5 Å². The first kappa shape index (κ1) is 20.1. The molecule has 7 heteroatoms. The maximum Gasteiger partial charge on any atom is 0.321 e. The minimum atomic E-state index is -0.564. The van der Waals surface area contributed by atoms with Crippen LogP contribution < -0.4 is 25.4 Å². The van der Waals surface area contributed by atoms with Crippen LogP contribution in [0.3, 0.4) is 0 Å². The number of imide groups is 1. The predicted octanol–water partition coefficient (Wildman–Crippen LogP) is 3.52. The Morgan fingerprint density at radius 1 is 0.926 bits per heavy atom. The molecule has 0 aliphatic rings. The van der Waals surface area contributed by atoms with Crippen LogP contribution >= 0.6 is 0 Å². The van der Waals surface area contributed by atoms with Crippen molar-refractivity contribution in [2.75, 3.05) is 18.5 Å². The summed E-state index contributed by atoms with van der Waals surface area (Å²) in [5.41, 5.74) is 0.743. The van der Waals surface area contributed by atoms with E-state index in [1.807, 2.05) is 31.2 Å². The highest BCUT2D eigenvalue weighted by molar-refractivity contribution is 5.97. The Hall–Kier alpha value is -3.22. The number of ether oxygens (including phenoxy) is 2. The molecule has 2 aromatic carbocycles. The largest absolute Gasteiger partial charge is 0.494 e. The van der Waals surface area contributed by atoms with Gasteiger partial charge in [-0.3, -0.25) is 10.1 Å². The number of nitrogens with one attached hydrogen (secondary N) is 3. The number of hydrogen-bond donors (Lipinski definition) is 3. The third kappa shape index (κ3) is 6.54. The third-order valence-corrected chi connectivity index (χ3v) is 3.58. The highest BCUT2D eigenvalue weighted by atomic mass is 16.5. The molecule has 0 aliphatic heterocycles. The number of benzene rings is 2. The Balaban J connectivity index is 1.88. The van der Waals surface area contributed by atoms with E-state index >= 15 is 0 Å². The molecule has 0 fully saturated rings. The molecule has 2 rings (SSSR count). The number of hydrogen-bond acceptors (Lipinski definition) is 5. The Morgan fingerprint density at radius 2 is 1.48 bits per heavy atom. The van der Waals surface area contributed by atoms with Crippen LogP contribution in [0.15, 0.2) is 48.5 Å². The normalized spacial score (nSPS) is 11.2. The Morgan fingerprint density at radius 3 is 2.04 bits per heavy atom. The van der Waals surface area contributed by atoms with Gasteiger partial charge >= 0.3 is 6.03 Å². The molecule has 0 saturated carbocycles. The van der Waals surface area contributed by atoms with E-state index in [1.165, 1.54) is 0 Å². The fourth-order valence-electron chi connectivity index (χ4n) is 2.27. The number of anilines is 1. The van der Waals surface area contributed by atoms with Crippen molar-refractivity contribution >= 4 is 17.6 Å². The van der Waals surface area contributed by atoms with Crippen molar-refractivity contribution in [2.24, 2.45) is 0 Å². The topological polar surface area (TPSA) is 88.7 Å². The first-order valence-electron chi connectivity index (χ1n) is 8.87. The molecule has 0 aromatic heterocycles. The average Bonchev–Trinajstić information content (AvgIpc) is 2.65. The first-order valence-corrected chi connectivity index (χ1v) is 8.87. The van der Waals surface area contributed by atoms with Crippen LogP contribution in [0.25, 0.3) is 0 Å². The number of carbonyl (C=O) groups is 2. The lowest BCUT2D eigenvalue weighted by Crippen LogP contribution is -2.45. The Kier molecular flexibility index (Phi) is 7.49. The average molecular weight is 371 g/mol. The molecule has 7 nitrogen and oxygen atoms in total. The van der Waals surface area contributed by atoms with Crippen LogP contribution in [-0.2, 0) is 4.79 Å². The number of carbonyl (C=O) groups excluding carboxylic acids is 2. The second-order valence-corrected chi connectivity index (χ2v) is 5.75. The van der Waals surface area contributed by atoms with Crippen LogP contribution in [0.1, 0.15) is 20.8 Å². The second-order valence-electron chi connectivity index (χ2n) is 5.75. The summed E-state index contributed by atoms with van der Waals surface area (Å²) in [6, 6.07) is 13.5. The minimum absolute atomic E-state index is 0.407. The van der Waals surface area contributed by atoms with E-state index in [4.69, 9.17) is 9.47 Å². The van der Waals surface area contributed by atoms with Crippen molar-refractivity contribution in [3.05, 3.63) is 48.5 Å². The van der Waals surface area contributed by atoms with Crippen LogP contribution in [0, 0.1) is 0 Å². The van der Waals surface area contributed by atoms with Crippen molar-refractivity contribution < 1.29 is 19.1 Å². The van der Waals surface area contributed by atoms with Gasteiger partial charge in [0.1, 0.15) is 23.3 Å². The summed E-state index contributed by atoms with van der Waals surface area (Å²) >= 11 is 0. The van der Waals surface area contributed by atoms with E-state index in [1.54, 1.807) is 38.1 Å². The molecule has 1 unspecified atom stereocenters. The van der Waals surface area contributed by atoms with Gasteiger partial charge in [-0.15, -0.1) is 0 Å². The molecule has 3 amide bonds. The monoisotopic (exact) mass is 371 g/mol. The van der Waals surface area contributed by atoms with Gasteiger partial charge in [-0.05, 0) is 69.3 Å². The van der Waals surface area contributed by atoms with Gasteiger partial charge in [0.05, 0.1) is 6.61 Å². The highest BCUT2D eigenvalue weighted by Crippen LogP contribution is 2.25. The van der Waals surface area contributed by atoms with Crippen molar-refractivity contribution in [1.82, 2.24) is 10.6 Å². The van der Waals surface area contributed by atoms with Crippen molar-refractivity contribution in [3.8, 4) is 17.2 Å². The standard InChI is InChI=1S/C20H25N3O4/c1-4-21-20(25)23-19(24)14(3)22-15-6-8-17(9-7-15)27-18-12-10-16(11-13-18)26-5-2/h6-14,22H,4-5H2,1-3H3,(H2,21,23,24,25). The third-order valence-electron chi connectivity index (χ3n) is 3.58. The minimum Gasteiger partial charge on any atom is -0.494 e. The molecule has 0 bridgehead atoms. The fraction of sp³-hybridized carbons (Fsp3) is 0.300. The Labute approximate surface area is 159 Å². The quantitative estimate of drug-likeness (QED) is 0.661. The summed E-state index contributed by atoms with van der Waals surface area (Å²) in [6.07, 6.45) is 0. The van der Waals surface area contributed by atoms with Gasteiger partial charge < -0.3 is 20.1 Å². The molecule has 0 heterocycles. The molecule has 2 aromatic rings. The first-order chi connectivity index (χ1) is 13.0. The zero-order valence-corrected chi connectivity index (χ0v) is 15.7. The zero-order chi connectivity index (χ0) is 19.6. The van der Waals surface area contributed by atoms with E-state index in [9.17, 15) is 9.59 Å². The summed E-state index contributed by atoms with van der Waals surface area (Å²) < 4.78 is 11.2. The summed E-state index contributed by atoms with van der Waals surface area (Å²) in [4.78, 5) is 23.3. The smallest absolute Gasteiger partial charge is 0.321 e. The van der Waals surface area contributed by atoms with Crippen LogP contribution in [0.5, 0.6) is 17.2 Å². The van der Waals surface area contributed by atoms with E-state index in [0.29, 0.717) is 24.7 Å². The maximum absolute atomic E-state index is 11.9. The molecule has 144 valence electrons. The molecule has 0 aliphatic carbocycles. The lowest BCUT2D eigenvalue weighted by Gasteiger charge is -2.15. The lowest BCUT2D eigenvalue weighted by atomic mass is 10.2. The number of amides is 3. The molecular weight excluding hydrogens is 346 g/mol. The second kappa shape index (κ2) is 10.1. The summed E-state index contributed by atoms with van der Waals surface area (Å²) in [7, 11) is 0.